The van der Waals surface area contributed by atoms with Crippen molar-refractivity contribution in [3.8, 4) is 0 Å². The maximum Gasteiger partial charge on any atom is 0.325 e. The van der Waals surface area contributed by atoms with Crippen LogP contribution in [0.2, 0.25) is 0 Å². The van der Waals surface area contributed by atoms with Crippen LogP contribution in [0, 0.1) is 0 Å². The van der Waals surface area contributed by atoms with Crippen LogP contribution in [0.3, 0.4) is 0 Å². The summed E-state index contributed by atoms with van der Waals surface area (Å²) in [6.45, 7) is 3.70. The molecule has 0 saturated heterocycles. The van der Waals surface area contributed by atoms with Crippen molar-refractivity contribution in [1.82, 2.24) is 5.32 Å². The molecule has 0 saturated carbocycles. The third kappa shape index (κ3) is 14.4. The van der Waals surface area contributed by atoms with E-state index in [0.717, 1.165) is 12.8 Å². The van der Waals surface area contributed by atoms with Crippen LogP contribution < -0.4 is 5.32 Å². The Bertz CT molecular complexity index is 260. The molecule has 0 rings (SSSR count). The fourth-order valence-electron chi connectivity index (χ4n) is 1.97. The van der Waals surface area contributed by atoms with Gasteiger partial charge in [0.05, 0.1) is 0 Å². The molecule has 0 unspecified atom stereocenters. The minimum Gasteiger partial charge on any atom is -0.480 e. The van der Waals surface area contributed by atoms with Crippen LogP contribution in [0.25, 0.3) is 0 Å². The predicted molar refractivity (Wildman–Crippen MR) is 82.8 cm³/mol. The predicted octanol–water partition coefficient (Wildman–Crippen LogP) is 3.12. The van der Waals surface area contributed by atoms with Crippen molar-refractivity contribution in [2.24, 2.45) is 0 Å². The summed E-state index contributed by atoms with van der Waals surface area (Å²) in [5, 5.41) is 11.1. The number of rotatable bonds is 12. The fraction of sp³-hybridized carbons (Fsp3) is 0.867. The third-order valence-electron chi connectivity index (χ3n) is 3.26. The van der Waals surface area contributed by atoms with Crippen molar-refractivity contribution in [3.05, 3.63) is 0 Å². The van der Waals surface area contributed by atoms with E-state index in [1.807, 2.05) is 0 Å². The number of hydrogen-bond donors (Lipinski definition) is 2. The molecule has 0 aliphatic rings. The van der Waals surface area contributed by atoms with Gasteiger partial charge in [-0.2, -0.15) is 0 Å². The minimum atomic E-state index is -0.986. The van der Waals surface area contributed by atoms with E-state index in [4.69, 9.17) is 5.11 Å². The Morgan fingerprint density at radius 3 is 1.85 bits per heavy atom. The average molecular weight is 294 g/mol. The first-order valence-electron chi connectivity index (χ1n) is 7.60. The second-order valence-electron chi connectivity index (χ2n) is 5.21. The Balaban J connectivity index is 0. The molecule has 113 valence electrons. The van der Waals surface area contributed by atoms with Crippen molar-refractivity contribution in [3.63, 3.8) is 0 Å². The Kier molecular flexibility index (Phi) is 17.0. The molecule has 0 bridgehead atoms. The summed E-state index contributed by atoms with van der Waals surface area (Å²) in [6.07, 6.45) is 11.3. The van der Waals surface area contributed by atoms with Gasteiger partial charge in [-0.25, -0.2) is 0 Å². The Hall–Kier alpha value is -0.0600. The van der Waals surface area contributed by atoms with Gasteiger partial charge in [0.25, 0.3) is 0 Å². The van der Waals surface area contributed by atoms with Gasteiger partial charge in [0.2, 0.25) is 5.91 Å². The molecule has 20 heavy (non-hydrogen) atoms. The summed E-state index contributed by atoms with van der Waals surface area (Å²) in [5.41, 5.74) is 0. The summed E-state index contributed by atoms with van der Waals surface area (Å²) in [4.78, 5) is 21.9. The van der Waals surface area contributed by atoms with Crippen molar-refractivity contribution < 1.29 is 14.7 Å². The number of carbonyl (C=O) groups is 2. The first-order valence-corrected chi connectivity index (χ1v) is 7.60. The van der Waals surface area contributed by atoms with Gasteiger partial charge in [0, 0.05) is 36.0 Å². The molecule has 1 atom stereocenters. The molecular formula is C15H29NNaO3. The van der Waals surface area contributed by atoms with Crippen molar-refractivity contribution >= 4 is 41.4 Å². The molecule has 0 heterocycles. The topological polar surface area (TPSA) is 66.4 Å². The van der Waals surface area contributed by atoms with Crippen molar-refractivity contribution in [2.75, 3.05) is 0 Å². The zero-order chi connectivity index (χ0) is 14.5. The second-order valence-corrected chi connectivity index (χ2v) is 5.21. The first kappa shape index (κ1) is 22.2. The number of carbonyl (C=O) groups excluding carboxylic acids is 1. The van der Waals surface area contributed by atoms with Crippen LogP contribution in [-0.4, -0.2) is 52.6 Å². The maximum absolute atomic E-state index is 11.4. The van der Waals surface area contributed by atoms with E-state index in [9.17, 15) is 9.59 Å². The van der Waals surface area contributed by atoms with E-state index in [1.165, 1.54) is 51.9 Å². The van der Waals surface area contributed by atoms with Crippen LogP contribution >= 0.6 is 0 Å². The molecule has 1 radical (unpaired) electrons. The normalized spacial score (nSPS) is 11.5. The molecule has 0 aromatic heterocycles. The van der Waals surface area contributed by atoms with Gasteiger partial charge in [-0.15, -0.1) is 0 Å². The molecule has 0 aliphatic carbocycles. The Morgan fingerprint density at radius 1 is 0.950 bits per heavy atom. The van der Waals surface area contributed by atoms with Crippen molar-refractivity contribution in [2.45, 2.75) is 84.1 Å². The molecule has 5 heteroatoms. The van der Waals surface area contributed by atoms with E-state index in [1.54, 1.807) is 0 Å². The average Bonchev–Trinajstić information content (AvgIpc) is 2.36. The van der Waals surface area contributed by atoms with Gasteiger partial charge >= 0.3 is 5.97 Å². The van der Waals surface area contributed by atoms with E-state index in [0.29, 0.717) is 6.42 Å². The van der Waals surface area contributed by atoms with Gasteiger partial charge in [-0.05, 0) is 13.3 Å². The quantitative estimate of drug-likeness (QED) is 0.429. The molecule has 0 aliphatic heterocycles. The van der Waals surface area contributed by atoms with Gasteiger partial charge in [-0.1, -0.05) is 58.3 Å². The fourth-order valence-corrected chi connectivity index (χ4v) is 1.97. The SMILES string of the molecule is CCCCCCCCCCCC(=O)N[C@@H](C)C(=O)O.[Na]. The molecule has 2 N–H and O–H groups in total. The van der Waals surface area contributed by atoms with Gasteiger partial charge < -0.3 is 10.4 Å². The number of hydrogen-bond acceptors (Lipinski definition) is 2. The van der Waals surface area contributed by atoms with Crippen LogP contribution in [0.1, 0.15) is 78.1 Å². The van der Waals surface area contributed by atoms with Crippen LogP contribution in [0.5, 0.6) is 0 Å². The van der Waals surface area contributed by atoms with Crippen LogP contribution in [0.15, 0.2) is 0 Å². The largest absolute Gasteiger partial charge is 0.480 e. The van der Waals surface area contributed by atoms with E-state index in [2.05, 4.69) is 12.2 Å². The molecule has 0 aromatic carbocycles. The molecule has 0 spiro atoms. The minimum absolute atomic E-state index is 0. The molecular weight excluding hydrogens is 265 g/mol. The van der Waals surface area contributed by atoms with Crippen molar-refractivity contribution in [1.29, 1.82) is 0 Å². The molecule has 1 amide bonds. The zero-order valence-corrected chi connectivity index (χ0v) is 15.4. The zero-order valence-electron chi connectivity index (χ0n) is 13.4. The van der Waals surface area contributed by atoms with Crippen LogP contribution in [0.4, 0.5) is 0 Å². The summed E-state index contributed by atoms with van der Waals surface area (Å²) in [7, 11) is 0. The number of nitrogens with one attached hydrogen (secondary N) is 1. The first-order chi connectivity index (χ1) is 9.07. The van der Waals surface area contributed by atoms with Gasteiger partial charge in [0.15, 0.2) is 0 Å². The number of unbranched alkanes of at least 4 members (excludes halogenated alkanes) is 8. The van der Waals surface area contributed by atoms with E-state index in [-0.39, 0.29) is 35.5 Å². The third-order valence-corrected chi connectivity index (χ3v) is 3.26. The van der Waals surface area contributed by atoms with Crippen LogP contribution in [-0.2, 0) is 9.59 Å². The smallest absolute Gasteiger partial charge is 0.325 e. The van der Waals surface area contributed by atoms with E-state index >= 15 is 0 Å². The summed E-state index contributed by atoms with van der Waals surface area (Å²) >= 11 is 0. The standard InChI is InChI=1S/C15H29NO3.Na/c1-3-4-5-6-7-8-9-10-11-12-14(17)16-13(2)15(18)19;/h13H,3-12H2,1-2H3,(H,16,17)(H,18,19);/t13-;/m0./s1. The summed E-state index contributed by atoms with van der Waals surface area (Å²) in [5.74, 6) is -1.14. The Morgan fingerprint density at radius 2 is 1.40 bits per heavy atom. The molecule has 4 nitrogen and oxygen atoms in total. The van der Waals surface area contributed by atoms with Gasteiger partial charge in [0.1, 0.15) is 6.04 Å². The second kappa shape index (κ2) is 15.3. The summed E-state index contributed by atoms with van der Waals surface area (Å²) in [6, 6.07) is -0.786. The number of carboxylic acids is 1. The monoisotopic (exact) mass is 294 g/mol. The Labute approximate surface area is 145 Å². The van der Waals surface area contributed by atoms with Gasteiger partial charge in [-0.3, -0.25) is 9.59 Å². The number of amides is 1. The molecule has 0 fully saturated rings. The maximum atomic E-state index is 11.4. The number of carboxylic acid groups (broad SMARTS) is 1. The van der Waals surface area contributed by atoms with E-state index < -0.39 is 12.0 Å². The molecule has 0 aromatic rings. The summed E-state index contributed by atoms with van der Waals surface area (Å²) < 4.78 is 0. The number of aliphatic carboxylic acids is 1.